The van der Waals surface area contributed by atoms with Crippen molar-refractivity contribution in [2.24, 2.45) is 0 Å². The van der Waals surface area contributed by atoms with Crippen LogP contribution in [0.1, 0.15) is 19.4 Å². The van der Waals surface area contributed by atoms with Gasteiger partial charge in [-0.3, -0.25) is 9.52 Å². The molecule has 2 aliphatic rings. The smallest absolute Gasteiger partial charge is 0.263 e. The molecule has 148 valence electrons. The molecule has 28 heavy (non-hydrogen) atoms. The van der Waals surface area contributed by atoms with Gasteiger partial charge in [-0.05, 0) is 59.1 Å². The number of nitrogens with zero attached hydrogens (tertiary/aromatic N) is 1. The number of hydrogen-bond acceptors (Lipinski definition) is 5. The van der Waals surface area contributed by atoms with Gasteiger partial charge < -0.3 is 14.4 Å². The third kappa shape index (κ3) is 3.33. The minimum absolute atomic E-state index is 0.0110. The van der Waals surface area contributed by atoms with E-state index in [0.29, 0.717) is 47.0 Å². The number of carbonyl (C=O) groups is 1. The van der Waals surface area contributed by atoms with Crippen molar-refractivity contribution in [3.63, 3.8) is 0 Å². The molecule has 9 heteroatoms. The number of rotatable bonds is 3. The van der Waals surface area contributed by atoms with E-state index in [4.69, 9.17) is 9.47 Å². The molecule has 2 aliphatic heterocycles. The number of anilines is 2. The first-order valence-corrected chi connectivity index (χ1v) is 11.1. The molecule has 7 nitrogen and oxygen atoms in total. The zero-order chi connectivity index (χ0) is 20.1. The van der Waals surface area contributed by atoms with Gasteiger partial charge in [-0.15, -0.1) is 0 Å². The van der Waals surface area contributed by atoms with Crippen molar-refractivity contribution in [1.82, 2.24) is 0 Å². The maximum Gasteiger partial charge on any atom is 0.263 e. The summed E-state index contributed by atoms with van der Waals surface area (Å²) in [6, 6.07) is 8.19. The van der Waals surface area contributed by atoms with Gasteiger partial charge in [0.15, 0.2) is 11.5 Å². The highest BCUT2D eigenvalue weighted by Crippen LogP contribution is 2.39. The lowest BCUT2D eigenvalue weighted by Crippen LogP contribution is -2.33. The molecular weight excluding hydrogens is 448 g/mol. The van der Waals surface area contributed by atoms with Crippen molar-refractivity contribution in [3.05, 3.63) is 40.4 Å². The molecule has 1 N–H and O–H groups in total. The van der Waals surface area contributed by atoms with Crippen LogP contribution in [-0.4, -0.2) is 33.6 Å². The summed E-state index contributed by atoms with van der Waals surface area (Å²) in [5.74, 6) is 0.965. The highest BCUT2D eigenvalue weighted by atomic mass is 79.9. The molecule has 1 amide bonds. The van der Waals surface area contributed by atoms with Crippen LogP contribution in [0, 0.1) is 0 Å². The average molecular weight is 467 g/mol. The average Bonchev–Trinajstić information content (AvgIpc) is 2.95. The van der Waals surface area contributed by atoms with E-state index in [-0.39, 0.29) is 16.8 Å². The molecule has 0 saturated carbocycles. The van der Waals surface area contributed by atoms with E-state index in [1.807, 2.05) is 6.92 Å². The lowest BCUT2D eigenvalue weighted by molar-refractivity contribution is -0.116. The molecular formula is C19H19BrN2O5S. The Kier molecular flexibility index (Phi) is 4.75. The number of nitrogens with one attached hydrogen (secondary N) is 1. The summed E-state index contributed by atoms with van der Waals surface area (Å²) < 4.78 is 40.1. The Morgan fingerprint density at radius 1 is 1.18 bits per heavy atom. The first-order valence-electron chi connectivity index (χ1n) is 8.81. The van der Waals surface area contributed by atoms with Gasteiger partial charge in [0, 0.05) is 29.2 Å². The van der Waals surface area contributed by atoms with E-state index in [1.165, 1.54) is 6.92 Å². The quantitative estimate of drug-likeness (QED) is 0.749. The Labute approximate surface area is 171 Å². The summed E-state index contributed by atoms with van der Waals surface area (Å²) in [6.45, 7) is 4.30. The lowest BCUT2D eigenvalue weighted by atomic mass is 10.1. The van der Waals surface area contributed by atoms with Crippen molar-refractivity contribution in [2.45, 2.75) is 31.2 Å². The van der Waals surface area contributed by atoms with Crippen molar-refractivity contribution >= 4 is 43.2 Å². The Hall–Kier alpha value is -2.26. The van der Waals surface area contributed by atoms with Crippen LogP contribution in [-0.2, 0) is 21.2 Å². The molecule has 1 atom stereocenters. The van der Waals surface area contributed by atoms with Gasteiger partial charge in [0.2, 0.25) is 5.91 Å². The number of halogens is 1. The summed E-state index contributed by atoms with van der Waals surface area (Å²) in [7, 11) is -3.89. The van der Waals surface area contributed by atoms with Crippen molar-refractivity contribution in [2.75, 3.05) is 22.8 Å². The molecule has 0 saturated heterocycles. The minimum atomic E-state index is -3.89. The second kappa shape index (κ2) is 6.97. The molecule has 0 bridgehead atoms. The number of ether oxygens (including phenoxy) is 2. The third-order valence-electron chi connectivity index (χ3n) is 4.77. The molecule has 0 radical (unpaired) electrons. The lowest BCUT2D eigenvalue weighted by Gasteiger charge is -2.21. The van der Waals surface area contributed by atoms with E-state index < -0.39 is 10.0 Å². The number of hydrogen-bond donors (Lipinski definition) is 1. The van der Waals surface area contributed by atoms with Gasteiger partial charge in [0.05, 0.1) is 5.69 Å². The summed E-state index contributed by atoms with van der Waals surface area (Å²) in [5.41, 5.74) is 1.94. The predicted octanol–water partition coefficient (Wildman–Crippen LogP) is 3.32. The Balaban J connectivity index is 1.70. The normalized spacial score (nSPS) is 18.0. The Bertz CT molecular complexity index is 1070. The molecule has 0 unspecified atom stereocenters. The topological polar surface area (TPSA) is 84.9 Å². The van der Waals surface area contributed by atoms with Crippen LogP contribution >= 0.6 is 15.9 Å². The first kappa shape index (κ1) is 19.1. The highest BCUT2D eigenvalue weighted by molar-refractivity contribution is 9.10. The van der Waals surface area contributed by atoms with Gasteiger partial charge in [-0.1, -0.05) is 0 Å². The van der Waals surface area contributed by atoms with Crippen molar-refractivity contribution in [3.8, 4) is 11.5 Å². The van der Waals surface area contributed by atoms with Gasteiger partial charge in [0.1, 0.15) is 18.1 Å². The zero-order valence-electron chi connectivity index (χ0n) is 15.4. The molecule has 0 spiro atoms. The number of benzene rings is 2. The van der Waals surface area contributed by atoms with E-state index in [2.05, 4.69) is 20.7 Å². The predicted molar refractivity (Wildman–Crippen MR) is 109 cm³/mol. The molecule has 2 aromatic rings. The Morgan fingerprint density at radius 3 is 2.61 bits per heavy atom. The molecule has 2 heterocycles. The summed E-state index contributed by atoms with van der Waals surface area (Å²) in [6.07, 6.45) is 0.684. The van der Waals surface area contributed by atoms with Gasteiger partial charge in [-0.2, -0.15) is 0 Å². The van der Waals surface area contributed by atoms with Crippen LogP contribution in [0.2, 0.25) is 0 Å². The van der Waals surface area contributed by atoms with Crippen molar-refractivity contribution in [1.29, 1.82) is 0 Å². The zero-order valence-corrected chi connectivity index (χ0v) is 17.8. The second-order valence-electron chi connectivity index (χ2n) is 6.82. The fourth-order valence-electron chi connectivity index (χ4n) is 3.62. The maximum atomic E-state index is 13.0. The second-order valence-corrected chi connectivity index (χ2v) is 9.32. The standard InChI is InChI=1S/C19H19BrN2O5S/c1-11-7-13-8-15(20)19(10-16(13)22(11)12(2)23)28(24,25)21-14-3-4-17-18(9-14)27-6-5-26-17/h3-4,8-11,21H,5-7H2,1-2H3/t11-/m0/s1. The van der Waals surface area contributed by atoms with Crippen LogP contribution in [0.25, 0.3) is 0 Å². The number of amides is 1. The Morgan fingerprint density at radius 2 is 1.89 bits per heavy atom. The fraction of sp³-hybridized carbons (Fsp3) is 0.316. The first-order chi connectivity index (χ1) is 13.3. The summed E-state index contributed by atoms with van der Waals surface area (Å²) >= 11 is 3.37. The highest BCUT2D eigenvalue weighted by Gasteiger charge is 2.32. The SMILES string of the molecule is CC(=O)N1c2cc(S(=O)(=O)Nc3ccc4c(c3)OCCO4)c(Br)cc2C[C@@H]1C. The van der Waals surface area contributed by atoms with E-state index in [0.717, 1.165) is 5.56 Å². The largest absolute Gasteiger partial charge is 0.486 e. The van der Waals surface area contributed by atoms with E-state index in [9.17, 15) is 13.2 Å². The molecule has 0 fully saturated rings. The number of sulfonamides is 1. The fourth-order valence-corrected chi connectivity index (χ4v) is 5.78. The molecule has 0 aliphatic carbocycles. The molecule has 4 rings (SSSR count). The minimum Gasteiger partial charge on any atom is -0.486 e. The van der Waals surface area contributed by atoms with Gasteiger partial charge in [-0.25, -0.2) is 8.42 Å². The summed E-state index contributed by atoms with van der Waals surface area (Å²) in [5, 5.41) is 0. The van der Waals surface area contributed by atoms with E-state index >= 15 is 0 Å². The van der Waals surface area contributed by atoms with Crippen LogP contribution in [0.4, 0.5) is 11.4 Å². The van der Waals surface area contributed by atoms with Crippen LogP contribution in [0.15, 0.2) is 39.7 Å². The number of fused-ring (bicyclic) bond motifs is 2. The van der Waals surface area contributed by atoms with E-state index in [1.54, 1.807) is 35.2 Å². The van der Waals surface area contributed by atoms with Crippen LogP contribution in [0.3, 0.4) is 0 Å². The van der Waals surface area contributed by atoms with Crippen LogP contribution < -0.4 is 19.1 Å². The van der Waals surface area contributed by atoms with Crippen LogP contribution in [0.5, 0.6) is 11.5 Å². The maximum absolute atomic E-state index is 13.0. The monoisotopic (exact) mass is 466 g/mol. The van der Waals surface area contributed by atoms with Crippen molar-refractivity contribution < 1.29 is 22.7 Å². The van der Waals surface area contributed by atoms with Gasteiger partial charge in [0.25, 0.3) is 10.0 Å². The van der Waals surface area contributed by atoms with Gasteiger partial charge >= 0.3 is 0 Å². The third-order valence-corrected chi connectivity index (χ3v) is 7.11. The molecule has 0 aromatic heterocycles. The summed E-state index contributed by atoms with van der Waals surface area (Å²) in [4.78, 5) is 13.7. The molecule has 2 aromatic carbocycles. The number of carbonyl (C=O) groups excluding carboxylic acids is 1.